The molecule has 0 radical (unpaired) electrons. The van der Waals surface area contributed by atoms with Gasteiger partial charge in [-0.15, -0.1) is 11.8 Å². The fourth-order valence-electron chi connectivity index (χ4n) is 2.24. The molecule has 3 nitrogen and oxygen atoms in total. The van der Waals surface area contributed by atoms with Crippen LogP contribution < -0.4 is 5.43 Å². The molecule has 4 heteroatoms. The number of thioether (sulfide) groups is 1. The molecule has 104 valence electrons. The molecule has 0 spiro atoms. The first kappa shape index (κ1) is 14.4. The SMILES string of the molecule is OCCNN=Cc1ccc(SC2CCCCC2)cc1. The van der Waals surface area contributed by atoms with Crippen LogP contribution in [0.3, 0.4) is 0 Å². The van der Waals surface area contributed by atoms with Gasteiger partial charge in [0, 0.05) is 10.1 Å². The maximum Gasteiger partial charge on any atom is 0.0620 e. The number of nitrogens with one attached hydrogen (secondary N) is 1. The van der Waals surface area contributed by atoms with E-state index in [2.05, 4.69) is 34.8 Å². The molecule has 1 fully saturated rings. The second kappa shape index (κ2) is 8.23. The molecule has 0 amide bonds. The summed E-state index contributed by atoms with van der Waals surface area (Å²) in [7, 11) is 0. The Kier molecular flexibility index (Phi) is 6.24. The van der Waals surface area contributed by atoms with E-state index in [1.807, 2.05) is 11.8 Å². The molecule has 0 heterocycles. The Morgan fingerprint density at radius 2 is 1.95 bits per heavy atom. The molecule has 1 aliphatic rings. The number of hydrogen-bond acceptors (Lipinski definition) is 4. The van der Waals surface area contributed by atoms with Crippen molar-refractivity contribution in [1.29, 1.82) is 0 Å². The van der Waals surface area contributed by atoms with Gasteiger partial charge in [-0.05, 0) is 30.5 Å². The Balaban J connectivity index is 1.81. The zero-order chi connectivity index (χ0) is 13.3. The molecule has 1 aliphatic carbocycles. The third-order valence-electron chi connectivity index (χ3n) is 3.26. The Bertz CT molecular complexity index is 386. The van der Waals surface area contributed by atoms with Crippen LogP contribution in [0.5, 0.6) is 0 Å². The second-order valence-electron chi connectivity index (χ2n) is 4.84. The normalized spacial score (nSPS) is 16.9. The van der Waals surface area contributed by atoms with Gasteiger partial charge < -0.3 is 10.5 Å². The summed E-state index contributed by atoms with van der Waals surface area (Å²) in [6.07, 6.45) is 8.69. The number of rotatable bonds is 6. The van der Waals surface area contributed by atoms with E-state index in [-0.39, 0.29) is 6.61 Å². The van der Waals surface area contributed by atoms with E-state index in [0.717, 1.165) is 10.8 Å². The molecule has 0 unspecified atom stereocenters. The summed E-state index contributed by atoms with van der Waals surface area (Å²) < 4.78 is 0. The van der Waals surface area contributed by atoms with E-state index in [1.165, 1.54) is 37.0 Å². The van der Waals surface area contributed by atoms with Crippen LogP contribution in [0.2, 0.25) is 0 Å². The molecule has 2 rings (SSSR count). The zero-order valence-corrected chi connectivity index (χ0v) is 12.0. The van der Waals surface area contributed by atoms with Gasteiger partial charge in [-0.2, -0.15) is 5.10 Å². The molecule has 19 heavy (non-hydrogen) atoms. The Labute approximate surface area is 119 Å². The van der Waals surface area contributed by atoms with Crippen LogP contribution in [-0.2, 0) is 0 Å². The van der Waals surface area contributed by atoms with Crippen LogP contribution in [-0.4, -0.2) is 29.7 Å². The smallest absolute Gasteiger partial charge is 0.0620 e. The van der Waals surface area contributed by atoms with Crippen LogP contribution in [0.25, 0.3) is 0 Å². The van der Waals surface area contributed by atoms with Gasteiger partial charge in [0.15, 0.2) is 0 Å². The fourth-order valence-corrected chi connectivity index (χ4v) is 3.49. The highest BCUT2D eigenvalue weighted by Gasteiger charge is 2.14. The van der Waals surface area contributed by atoms with Crippen molar-refractivity contribution < 1.29 is 5.11 Å². The maximum absolute atomic E-state index is 8.62. The van der Waals surface area contributed by atoms with Gasteiger partial charge in [-0.3, -0.25) is 0 Å². The van der Waals surface area contributed by atoms with Gasteiger partial charge in [-0.25, -0.2) is 0 Å². The van der Waals surface area contributed by atoms with E-state index < -0.39 is 0 Å². The average molecular weight is 278 g/mol. The minimum Gasteiger partial charge on any atom is -0.394 e. The number of aliphatic hydroxyl groups excluding tert-OH is 1. The molecule has 0 bridgehead atoms. The molecule has 2 N–H and O–H groups in total. The summed E-state index contributed by atoms with van der Waals surface area (Å²) in [5.41, 5.74) is 3.86. The van der Waals surface area contributed by atoms with Crippen LogP contribution in [0.15, 0.2) is 34.3 Å². The predicted octanol–water partition coefficient (Wildman–Crippen LogP) is 3.03. The molecule has 0 aliphatic heterocycles. The highest BCUT2D eigenvalue weighted by atomic mass is 32.2. The summed E-state index contributed by atoms with van der Waals surface area (Å²) in [5.74, 6) is 0. The Morgan fingerprint density at radius 3 is 2.63 bits per heavy atom. The Hall–Kier alpha value is -1.00. The van der Waals surface area contributed by atoms with Crippen molar-refractivity contribution in [1.82, 2.24) is 5.43 Å². The third-order valence-corrected chi connectivity index (χ3v) is 4.61. The van der Waals surface area contributed by atoms with Crippen LogP contribution in [0.1, 0.15) is 37.7 Å². The lowest BCUT2D eigenvalue weighted by atomic mass is 10.0. The topological polar surface area (TPSA) is 44.6 Å². The molecular formula is C15H22N2OS. The van der Waals surface area contributed by atoms with E-state index >= 15 is 0 Å². The van der Waals surface area contributed by atoms with Gasteiger partial charge >= 0.3 is 0 Å². The zero-order valence-electron chi connectivity index (χ0n) is 11.2. The number of aliphatic hydroxyl groups is 1. The summed E-state index contributed by atoms with van der Waals surface area (Å²) >= 11 is 2.01. The van der Waals surface area contributed by atoms with Crippen molar-refractivity contribution in [3.63, 3.8) is 0 Å². The summed E-state index contributed by atoms with van der Waals surface area (Å²) in [6, 6.07) is 8.53. The van der Waals surface area contributed by atoms with Crippen LogP contribution in [0.4, 0.5) is 0 Å². The highest BCUT2D eigenvalue weighted by molar-refractivity contribution is 8.00. The number of hydrogen-bond donors (Lipinski definition) is 2. The number of hydrazone groups is 1. The molecular weight excluding hydrogens is 256 g/mol. The van der Waals surface area contributed by atoms with Crippen LogP contribution >= 0.6 is 11.8 Å². The minimum atomic E-state index is 0.105. The lowest BCUT2D eigenvalue weighted by Crippen LogP contribution is -2.11. The standard InChI is InChI=1S/C15H22N2OS/c18-11-10-16-17-12-13-6-8-15(9-7-13)19-14-4-2-1-3-5-14/h6-9,12,14,16,18H,1-5,10-11H2. The third kappa shape index (κ3) is 5.25. The minimum absolute atomic E-state index is 0.105. The van der Waals surface area contributed by atoms with Crippen molar-refractivity contribution in [2.75, 3.05) is 13.2 Å². The number of benzene rings is 1. The average Bonchev–Trinajstić information content (AvgIpc) is 2.46. The second-order valence-corrected chi connectivity index (χ2v) is 6.21. The van der Waals surface area contributed by atoms with Gasteiger partial charge in [0.05, 0.1) is 19.4 Å². The van der Waals surface area contributed by atoms with Crippen LogP contribution in [0, 0.1) is 0 Å². The van der Waals surface area contributed by atoms with Gasteiger partial charge in [0.25, 0.3) is 0 Å². The van der Waals surface area contributed by atoms with E-state index in [4.69, 9.17) is 5.11 Å². The molecule has 1 saturated carbocycles. The van der Waals surface area contributed by atoms with E-state index in [9.17, 15) is 0 Å². The van der Waals surface area contributed by atoms with Crippen molar-refractivity contribution in [3.05, 3.63) is 29.8 Å². The lowest BCUT2D eigenvalue weighted by Gasteiger charge is -2.20. The van der Waals surface area contributed by atoms with Gasteiger partial charge in [0.2, 0.25) is 0 Å². The van der Waals surface area contributed by atoms with Gasteiger partial charge in [-0.1, -0.05) is 31.4 Å². The Morgan fingerprint density at radius 1 is 1.21 bits per heavy atom. The first-order valence-corrected chi connectivity index (χ1v) is 7.90. The molecule has 1 aromatic carbocycles. The van der Waals surface area contributed by atoms with Crippen molar-refractivity contribution in [3.8, 4) is 0 Å². The lowest BCUT2D eigenvalue weighted by molar-refractivity contribution is 0.294. The summed E-state index contributed by atoms with van der Waals surface area (Å²) in [5, 5.41) is 13.5. The van der Waals surface area contributed by atoms with E-state index in [0.29, 0.717) is 6.54 Å². The highest BCUT2D eigenvalue weighted by Crippen LogP contribution is 2.33. The van der Waals surface area contributed by atoms with Crippen molar-refractivity contribution in [2.24, 2.45) is 5.10 Å². The molecule has 1 aromatic rings. The molecule has 0 aromatic heterocycles. The largest absolute Gasteiger partial charge is 0.394 e. The first-order valence-electron chi connectivity index (χ1n) is 7.02. The van der Waals surface area contributed by atoms with Gasteiger partial charge in [0.1, 0.15) is 0 Å². The van der Waals surface area contributed by atoms with Crippen molar-refractivity contribution in [2.45, 2.75) is 42.2 Å². The fraction of sp³-hybridized carbons (Fsp3) is 0.533. The van der Waals surface area contributed by atoms with E-state index in [1.54, 1.807) is 6.21 Å². The number of nitrogens with zero attached hydrogens (tertiary/aromatic N) is 1. The maximum atomic E-state index is 8.62. The molecule has 0 saturated heterocycles. The predicted molar refractivity (Wildman–Crippen MR) is 81.9 cm³/mol. The first-order chi connectivity index (χ1) is 9.38. The quantitative estimate of drug-likeness (QED) is 0.477. The summed E-state index contributed by atoms with van der Waals surface area (Å²) in [6.45, 7) is 0.598. The monoisotopic (exact) mass is 278 g/mol. The van der Waals surface area contributed by atoms with Crippen molar-refractivity contribution >= 4 is 18.0 Å². The molecule has 0 atom stereocenters. The summed E-state index contributed by atoms with van der Waals surface area (Å²) in [4.78, 5) is 1.35.